The highest BCUT2D eigenvalue weighted by Crippen LogP contribution is 2.15. The zero-order chi connectivity index (χ0) is 9.68. The van der Waals surface area contributed by atoms with Gasteiger partial charge in [-0.3, -0.25) is 4.98 Å². The van der Waals surface area contributed by atoms with Crippen LogP contribution in [-0.4, -0.2) is 29.3 Å². The molecular weight excluding hydrogens is 177 g/mol. The lowest BCUT2D eigenvalue weighted by Gasteiger charge is -2.05. The number of ether oxygens (including phenoxy) is 1. The van der Waals surface area contributed by atoms with E-state index in [1.165, 1.54) is 12.3 Å². The van der Waals surface area contributed by atoms with Gasteiger partial charge >= 0.3 is 5.97 Å². The fourth-order valence-corrected chi connectivity index (χ4v) is 0.817. The summed E-state index contributed by atoms with van der Waals surface area (Å²) in [5.74, 6) is -0.998. The summed E-state index contributed by atoms with van der Waals surface area (Å²) in [5, 5.41) is 8.65. The highest BCUT2D eigenvalue weighted by Gasteiger charge is 2.10. The molecule has 0 aromatic carbocycles. The molecule has 0 amide bonds. The summed E-state index contributed by atoms with van der Waals surface area (Å²) < 4.78 is 16.6. The number of carboxylic acid groups (broad SMARTS) is 1. The molecule has 0 aliphatic carbocycles. The van der Waals surface area contributed by atoms with E-state index in [0.717, 1.165) is 6.20 Å². The Morgan fingerprint density at radius 2 is 2.46 bits per heavy atom. The standard InChI is InChI=1S/C8H8FNO3/c9-2-4-13-7-1-3-10-5-6(7)8(11)12/h1,3,5H,2,4H2,(H,11,12). The maximum atomic E-state index is 11.7. The molecule has 0 aliphatic rings. The van der Waals surface area contributed by atoms with Gasteiger partial charge in [-0.15, -0.1) is 0 Å². The third kappa shape index (κ3) is 2.40. The second kappa shape index (κ2) is 4.39. The molecule has 0 bridgehead atoms. The second-order valence-electron chi connectivity index (χ2n) is 2.21. The van der Waals surface area contributed by atoms with Crippen LogP contribution in [0.25, 0.3) is 0 Å². The number of pyridine rings is 1. The molecular formula is C8H8FNO3. The zero-order valence-corrected chi connectivity index (χ0v) is 6.74. The first-order valence-corrected chi connectivity index (χ1v) is 3.61. The van der Waals surface area contributed by atoms with E-state index in [-0.39, 0.29) is 17.9 Å². The molecule has 0 atom stereocenters. The van der Waals surface area contributed by atoms with Crippen molar-refractivity contribution < 1.29 is 19.0 Å². The predicted octanol–water partition coefficient (Wildman–Crippen LogP) is 1.13. The van der Waals surface area contributed by atoms with E-state index < -0.39 is 12.6 Å². The van der Waals surface area contributed by atoms with Gasteiger partial charge < -0.3 is 9.84 Å². The summed E-state index contributed by atoms with van der Waals surface area (Å²) >= 11 is 0. The van der Waals surface area contributed by atoms with Gasteiger partial charge in [0.05, 0.1) is 0 Å². The molecule has 13 heavy (non-hydrogen) atoms. The van der Waals surface area contributed by atoms with Crippen LogP contribution in [0.15, 0.2) is 18.5 Å². The van der Waals surface area contributed by atoms with E-state index in [2.05, 4.69) is 4.98 Å². The minimum absolute atomic E-state index is 0.0593. The van der Waals surface area contributed by atoms with Gasteiger partial charge in [0.2, 0.25) is 0 Å². The Balaban J connectivity index is 2.84. The molecule has 70 valence electrons. The first-order chi connectivity index (χ1) is 6.25. The molecule has 1 aromatic heterocycles. The number of halogens is 1. The van der Waals surface area contributed by atoms with Gasteiger partial charge in [-0.25, -0.2) is 9.18 Å². The van der Waals surface area contributed by atoms with Crippen molar-refractivity contribution in [2.45, 2.75) is 0 Å². The van der Waals surface area contributed by atoms with Crippen LogP contribution in [0, 0.1) is 0 Å². The second-order valence-corrected chi connectivity index (χ2v) is 2.21. The molecule has 0 saturated heterocycles. The Bertz CT molecular complexity index is 303. The Morgan fingerprint density at radius 3 is 3.08 bits per heavy atom. The number of aromatic nitrogens is 1. The average molecular weight is 185 g/mol. The molecule has 0 fully saturated rings. The van der Waals surface area contributed by atoms with Crippen molar-refractivity contribution in [3.63, 3.8) is 0 Å². The van der Waals surface area contributed by atoms with Crippen LogP contribution in [0.4, 0.5) is 4.39 Å². The van der Waals surface area contributed by atoms with Gasteiger partial charge in [0.25, 0.3) is 0 Å². The predicted molar refractivity (Wildman–Crippen MR) is 42.7 cm³/mol. The first-order valence-electron chi connectivity index (χ1n) is 3.61. The fraction of sp³-hybridized carbons (Fsp3) is 0.250. The molecule has 1 rings (SSSR count). The molecule has 0 aliphatic heterocycles. The van der Waals surface area contributed by atoms with Crippen LogP contribution in [0.1, 0.15) is 10.4 Å². The maximum Gasteiger partial charge on any atom is 0.341 e. The van der Waals surface area contributed by atoms with E-state index >= 15 is 0 Å². The molecule has 0 unspecified atom stereocenters. The lowest BCUT2D eigenvalue weighted by molar-refractivity contribution is 0.0691. The number of alkyl halides is 1. The molecule has 0 saturated carbocycles. The third-order valence-electron chi connectivity index (χ3n) is 1.35. The van der Waals surface area contributed by atoms with Crippen LogP contribution in [0.3, 0.4) is 0 Å². The van der Waals surface area contributed by atoms with Gasteiger partial charge in [-0.05, 0) is 6.07 Å². The van der Waals surface area contributed by atoms with Crippen molar-refractivity contribution in [2.75, 3.05) is 13.3 Å². The minimum Gasteiger partial charge on any atom is -0.490 e. The number of rotatable bonds is 4. The van der Waals surface area contributed by atoms with Gasteiger partial charge in [0.15, 0.2) is 0 Å². The summed E-state index contributed by atoms with van der Waals surface area (Å²) in [6.07, 6.45) is 2.55. The monoisotopic (exact) mass is 185 g/mol. The summed E-state index contributed by atoms with van der Waals surface area (Å²) in [7, 11) is 0. The Hall–Kier alpha value is -1.65. The number of hydrogen-bond acceptors (Lipinski definition) is 3. The highest BCUT2D eigenvalue weighted by molar-refractivity contribution is 5.90. The smallest absolute Gasteiger partial charge is 0.341 e. The summed E-state index contributed by atoms with van der Waals surface area (Å²) in [6.45, 7) is -0.800. The van der Waals surface area contributed by atoms with Gasteiger partial charge in [0, 0.05) is 12.4 Å². The van der Waals surface area contributed by atoms with E-state index in [1.807, 2.05) is 0 Å². The number of hydrogen-bond donors (Lipinski definition) is 1. The molecule has 4 nitrogen and oxygen atoms in total. The molecule has 1 N–H and O–H groups in total. The number of carbonyl (C=O) groups is 1. The SMILES string of the molecule is O=C(O)c1cnccc1OCCF. The average Bonchev–Trinajstić information content (AvgIpc) is 2.15. The lowest BCUT2D eigenvalue weighted by Crippen LogP contribution is -2.05. The normalized spacial score (nSPS) is 9.62. The van der Waals surface area contributed by atoms with Crippen molar-refractivity contribution >= 4 is 5.97 Å². The summed E-state index contributed by atoms with van der Waals surface area (Å²) in [6, 6.07) is 1.39. The minimum atomic E-state index is -1.14. The highest BCUT2D eigenvalue weighted by atomic mass is 19.1. The van der Waals surface area contributed by atoms with Gasteiger partial charge in [0.1, 0.15) is 24.6 Å². The van der Waals surface area contributed by atoms with Crippen LogP contribution < -0.4 is 4.74 Å². The van der Waals surface area contributed by atoms with Crippen LogP contribution in [0.2, 0.25) is 0 Å². The van der Waals surface area contributed by atoms with Crippen molar-refractivity contribution in [3.8, 4) is 5.75 Å². The van der Waals surface area contributed by atoms with E-state index in [0.29, 0.717) is 0 Å². The molecule has 0 spiro atoms. The van der Waals surface area contributed by atoms with Crippen molar-refractivity contribution in [1.29, 1.82) is 0 Å². The van der Waals surface area contributed by atoms with Crippen molar-refractivity contribution in [2.24, 2.45) is 0 Å². The molecule has 5 heteroatoms. The van der Waals surface area contributed by atoms with Crippen LogP contribution in [-0.2, 0) is 0 Å². The van der Waals surface area contributed by atoms with E-state index in [1.54, 1.807) is 0 Å². The number of aromatic carboxylic acids is 1. The quantitative estimate of drug-likeness (QED) is 0.763. The zero-order valence-electron chi connectivity index (χ0n) is 6.74. The van der Waals surface area contributed by atoms with Gasteiger partial charge in [-0.2, -0.15) is 0 Å². The van der Waals surface area contributed by atoms with Crippen molar-refractivity contribution in [3.05, 3.63) is 24.0 Å². The lowest BCUT2D eigenvalue weighted by atomic mass is 10.2. The Kier molecular flexibility index (Phi) is 3.19. The third-order valence-corrected chi connectivity index (χ3v) is 1.35. The largest absolute Gasteiger partial charge is 0.490 e. The molecule has 0 radical (unpaired) electrons. The van der Waals surface area contributed by atoms with Gasteiger partial charge in [-0.1, -0.05) is 0 Å². The summed E-state index contributed by atoms with van der Waals surface area (Å²) in [4.78, 5) is 14.2. The Labute approximate surface area is 74.0 Å². The first kappa shape index (κ1) is 9.44. The number of carboxylic acids is 1. The van der Waals surface area contributed by atoms with Crippen LogP contribution in [0.5, 0.6) is 5.75 Å². The van der Waals surface area contributed by atoms with Crippen LogP contribution >= 0.6 is 0 Å². The summed E-state index contributed by atoms with van der Waals surface area (Å²) in [5.41, 5.74) is -0.0593. The topological polar surface area (TPSA) is 59.4 Å². The maximum absolute atomic E-state index is 11.7. The fourth-order valence-electron chi connectivity index (χ4n) is 0.817. The molecule has 1 aromatic rings. The van der Waals surface area contributed by atoms with E-state index in [9.17, 15) is 9.18 Å². The molecule has 1 heterocycles. The number of nitrogens with zero attached hydrogens (tertiary/aromatic N) is 1. The van der Waals surface area contributed by atoms with E-state index in [4.69, 9.17) is 9.84 Å². The Morgan fingerprint density at radius 1 is 1.69 bits per heavy atom. The van der Waals surface area contributed by atoms with Crippen molar-refractivity contribution in [1.82, 2.24) is 4.98 Å².